The van der Waals surface area contributed by atoms with E-state index in [0.717, 1.165) is 38.2 Å². The van der Waals surface area contributed by atoms with Crippen LogP contribution in [0.3, 0.4) is 0 Å². The number of ether oxygens (including phenoxy) is 1. The number of hydrogen-bond acceptors (Lipinski definition) is 3. The Morgan fingerprint density at radius 2 is 2.25 bits per heavy atom. The summed E-state index contributed by atoms with van der Waals surface area (Å²) in [7, 11) is 0. The molecule has 1 aromatic rings. The number of rotatable bonds is 3. The van der Waals surface area contributed by atoms with Crippen molar-refractivity contribution < 1.29 is 9.53 Å². The number of hydrogen-bond donors (Lipinski definition) is 2. The van der Waals surface area contributed by atoms with E-state index in [9.17, 15) is 4.79 Å². The highest BCUT2D eigenvalue weighted by atomic mass is 16.5. The first-order valence-electron chi connectivity index (χ1n) is 7.46. The van der Waals surface area contributed by atoms with Gasteiger partial charge in [-0.05, 0) is 37.8 Å². The summed E-state index contributed by atoms with van der Waals surface area (Å²) in [6, 6.07) is 8.28. The standard InChI is InChI=1S/C16H22N2O2/c1-11(13-8-9-20-10-13)17-16(19)15-7-6-12-4-2-3-5-14(12)18-15/h2-5,11,13,15,18H,6-10H2,1H3,(H,17,19). The molecular formula is C16H22N2O2. The third-order valence-corrected chi connectivity index (χ3v) is 4.41. The lowest BCUT2D eigenvalue weighted by Crippen LogP contribution is -2.47. The van der Waals surface area contributed by atoms with Crippen LogP contribution in [0.2, 0.25) is 0 Å². The average Bonchev–Trinajstić information content (AvgIpc) is 3.01. The van der Waals surface area contributed by atoms with E-state index in [1.165, 1.54) is 5.56 Å². The second kappa shape index (κ2) is 5.83. The van der Waals surface area contributed by atoms with Gasteiger partial charge in [0.05, 0.1) is 6.61 Å². The summed E-state index contributed by atoms with van der Waals surface area (Å²) in [5, 5.41) is 6.49. The molecular weight excluding hydrogens is 252 g/mol. The van der Waals surface area contributed by atoms with E-state index in [2.05, 4.69) is 23.6 Å². The first kappa shape index (κ1) is 13.4. The Morgan fingerprint density at radius 1 is 1.40 bits per heavy atom. The number of benzene rings is 1. The Morgan fingerprint density at radius 3 is 3.05 bits per heavy atom. The Labute approximate surface area is 119 Å². The molecule has 0 spiro atoms. The van der Waals surface area contributed by atoms with E-state index in [0.29, 0.717) is 5.92 Å². The van der Waals surface area contributed by atoms with Gasteiger partial charge in [-0.2, -0.15) is 0 Å². The molecule has 3 atom stereocenters. The highest BCUT2D eigenvalue weighted by molar-refractivity contribution is 5.85. The summed E-state index contributed by atoms with van der Waals surface area (Å²) in [6.45, 7) is 3.66. The van der Waals surface area contributed by atoms with E-state index >= 15 is 0 Å². The lowest BCUT2D eigenvalue weighted by atomic mass is 9.96. The normalized spacial score (nSPS) is 26.4. The number of nitrogens with one attached hydrogen (secondary N) is 2. The van der Waals surface area contributed by atoms with Crippen LogP contribution in [-0.4, -0.2) is 31.2 Å². The van der Waals surface area contributed by atoms with Crippen LogP contribution in [-0.2, 0) is 16.0 Å². The fourth-order valence-corrected chi connectivity index (χ4v) is 3.03. The number of carbonyl (C=O) groups excluding carboxylic acids is 1. The van der Waals surface area contributed by atoms with E-state index in [1.54, 1.807) is 0 Å². The van der Waals surface area contributed by atoms with Crippen molar-refractivity contribution in [1.29, 1.82) is 0 Å². The third kappa shape index (κ3) is 2.80. The number of fused-ring (bicyclic) bond motifs is 1. The summed E-state index contributed by atoms with van der Waals surface area (Å²) in [6.07, 6.45) is 2.86. The molecule has 3 rings (SSSR count). The molecule has 0 bridgehead atoms. The van der Waals surface area contributed by atoms with Crippen molar-refractivity contribution in [3.63, 3.8) is 0 Å². The summed E-state index contributed by atoms with van der Waals surface area (Å²) >= 11 is 0. The molecule has 2 aliphatic heterocycles. The highest BCUT2D eigenvalue weighted by Crippen LogP contribution is 2.24. The zero-order valence-corrected chi connectivity index (χ0v) is 11.9. The summed E-state index contributed by atoms with van der Waals surface area (Å²) in [5.41, 5.74) is 2.39. The van der Waals surface area contributed by atoms with Gasteiger partial charge >= 0.3 is 0 Å². The second-order valence-electron chi connectivity index (χ2n) is 5.81. The third-order valence-electron chi connectivity index (χ3n) is 4.41. The van der Waals surface area contributed by atoms with Gasteiger partial charge in [0, 0.05) is 24.3 Å². The molecule has 2 aliphatic rings. The first-order valence-corrected chi connectivity index (χ1v) is 7.46. The van der Waals surface area contributed by atoms with Crippen molar-refractivity contribution in [2.45, 2.75) is 38.3 Å². The maximum absolute atomic E-state index is 12.4. The van der Waals surface area contributed by atoms with E-state index < -0.39 is 0 Å². The Balaban J connectivity index is 1.58. The van der Waals surface area contributed by atoms with Gasteiger partial charge in [0.1, 0.15) is 6.04 Å². The molecule has 1 fully saturated rings. The van der Waals surface area contributed by atoms with E-state index in [1.807, 2.05) is 18.2 Å². The Kier molecular flexibility index (Phi) is 3.92. The van der Waals surface area contributed by atoms with Crippen LogP contribution >= 0.6 is 0 Å². The number of carbonyl (C=O) groups is 1. The first-order chi connectivity index (χ1) is 9.74. The molecule has 1 saturated heterocycles. The topological polar surface area (TPSA) is 50.4 Å². The van der Waals surface area contributed by atoms with Gasteiger partial charge in [0.2, 0.25) is 5.91 Å². The van der Waals surface area contributed by atoms with Gasteiger partial charge in [-0.1, -0.05) is 18.2 Å². The molecule has 20 heavy (non-hydrogen) atoms. The minimum atomic E-state index is -0.116. The SMILES string of the molecule is CC(NC(=O)C1CCc2ccccc2N1)C1CCOC1. The Bertz CT molecular complexity index is 483. The largest absolute Gasteiger partial charge is 0.381 e. The number of amides is 1. The maximum Gasteiger partial charge on any atom is 0.242 e. The maximum atomic E-state index is 12.4. The molecule has 108 valence electrons. The fourth-order valence-electron chi connectivity index (χ4n) is 3.03. The minimum absolute atomic E-state index is 0.110. The lowest BCUT2D eigenvalue weighted by molar-refractivity contribution is -0.123. The second-order valence-corrected chi connectivity index (χ2v) is 5.81. The molecule has 1 aromatic carbocycles. The molecule has 0 radical (unpaired) electrons. The van der Waals surface area contributed by atoms with Crippen molar-refractivity contribution >= 4 is 11.6 Å². The van der Waals surface area contributed by atoms with Crippen LogP contribution in [0.4, 0.5) is 5.69 Å². The van der Waals surface area contributed by atoms with Crippen molar-refractivity contribution in [2.24, 2.45) is 5.92 Å². The van der Waals surface area contributed by atoms with Gasteiger partial charge < -0.3 is 15.4 Å². The van der Waals surface area contributed by atoms with Gasteiger partial charge in [-0.3, -0.25) is 4.79 Å². The van der Waals surface area contributed by atoms with Gasteiger partial charge in [-0.15, -0.1) is 0 Å². The summed E-state index contributed by atoms with van der Waals surface area (Å²) < 4.78 is 5.38. The molecule has 2 heterocycles. The number of para-hydroxylation sites is 1. The quantitative estimate of drug-likeness (QED) is 0.886. The number of aryl methyl sites for hydroxylation is 1. The van der Waals surface area contributed by atoms with Gasteiger partial charge in [0.25, 0.3) is 0 Å². The van der Waals surface area contributed by atoms with Crippen LogP contribution in [0.15, 0.2) is 24.3 Å². The zero-order valence-electron chi connectivity index (χ0n) is 11.9. The average molecular weight is 274 g/mol. The zero-order chi connectivity index (χ0) is 13.9. The van der Waals surface area contributed by atoms with Crippen LogP contribution < -0.4 is 10.6 Å². The van der Waals surface area contributed by atoms with Crippen LogP contribution in [0, 0.1) is 5.92 Å². The molecule has 2 N–H and O–H groups in total. The lowest BCUT2D eigenvalue weighted by Gasteiger charge is -2.28. The molecule has 0 saturated carbocycles. The molecule has 1 amide bonds. The van der Waals surface area contributed by atoms with Crippen molar-refractivity contribution in [3.05, 3.63) is 29.8 Å². The van der Waals surface area contributed by atoms with Crippen molar-refractivity contribution in [3.8, 4) is 0 Å². The predicted molar refractivity (Wildman–Crippen MR) is 78.7 cm³/mol. The van der Waals surface area contributed by atoms with Crippen molar-refractivity contribution in [2.75, 3.05) is 18.5 Å². The Hall–Kier alpha value is -1.55. The van der Waals surface area contributed by atoms with Gasteiger partial charge in [-0.25, -0.2) is 0 Å². The molecule has 3 unspecified atom stereocenters. The van der Waals surface area contributed by atoms with Crippen LogP contribution in [0.25, 0.3) is 0 Å². The summed E-state index contributed by atoms with van der Waals surface area (Å²) in [4.78, 5) is 12.4. The fraction of sp³-hybridized carbons (Fsp3) is 0.562. The smallest absolute Gasteiger partial charge is 0.242 e. The van der Waals surface area contributed by atoms with E-state index in [-0.39, 0.29) is 18.0 Å². The number of anilines is 1. The van der Waals surface area contributed by atoms with Crippen LogP contribution in [0.1, 0.15) is 25.3 Å². The summed E-state index contributed by atoms with van der Waals surface area (Å²) in [5.74, 6) is 0.564. The monoisotopic (exact) mass is 274 g/mol. The highest BCUT2D eigenvalue weighted by Gasteiger charge is 2.28. The predicted octanol–water partition coefficient (Wildman–Crippen LogP) is 1.95. The minimum Gasteiger partial charge on any atom is -0.381 e. The van der Waals surface area contributed by atoms with E-state index in [4.69, 9.17) is 4.74 Å². The molecule has 0 aliphatic carbocycles. The molecule has 4 heteroatoms. The molecule has 0 aromatic heterocycles. The van der Waals surface area contributed by atoms with Gasteiger partial charge in [0.15, 0.2) is 0 Å². The van der Waals surface area contributed by atoms with Crippen molar-refractivity contribution in [1.82, 2.24) is 5.32 Å². The van der Waals surface area contributed by atoms with Crippen LogP contribution in [0.5, 0.6) is 0 Å². The molecule has 4 nitrogen and oxygen atoms in total.